The average Bonchev–Trinajstić information content (AvgIpc) is 2.84. The second-order valence-electron chi connectivity index (χ2n) is 4.84. The lowest BCUT2D eigenvalue weighted by Crippen LogP contribution is -2.20. The van der Waals surface area contributed by atoms with Crippen LogP contribution in [0.2, 0.25) is 5.02 Å². The van der Waals surface area contributed by atoms with Gasteiger partial charge < -0.3 is 0 Å². The van der Waals surface area contributed by atoms with Crippen LogP contribution in [0, 0.1) is 6.92 Å². The topological polar surface area (TPSA) is 58.8 Å². The molecule has 5 nitrogen and oxygen atoms in total. The number of pyridine rings is 1. The number of carbonyl (C=O) groups is 1. The van der Waals surface area contributed by atoms with Gasteiger partial charge in [0.05, 0.1) is 11.9 Å². The van der Waals surface area contributed by atoms with E-state index in [4.69, 9.17) is 11.6 Å². The van der Waals surface area contributed by atoms with Gasteiger partial charge in [0.15, 0.2) is 0 Å². The third-order valence-corrected chi connectivity index (χ3v) is 4.06. The molecule has 0 saturated carbocycles. The molecule has 0 spiro atoms. The fourth-order valence-corrected chi connectivity index (χ4v) is 2.72. The van der Waals surface area contributed by atoms with E-state index in [1.165, 1.54) is 6.21 Å². The molecule has 1 aromatic carbocycles. The minimum absolute atomic E-state index is 0.337. The van der Waals surface area contributed by atoms with Crippen molar-refractivity contribution in [2.45, 2.75) is 6.92 Å². The van der Waals surface area contributed by atoms with Gasteiger partial charge in [-0.05, 0) is 41.1 Å². The molecule has 0 fully saturated rings. The van der Waals surface area contributed by atoms with E-state index in [0.717, 1.165) is 10.0 Å². The lowest BCUT2D eigenvalue weighted by atomic mass is 10.2. The van der Waals surface area contributed by atoms with Crippen LogP contribution in [0.15, 0.2) is 52.2 Å². The van der Waals surface area contributed by atoms with Crippen LogP contribution in [-0.2, 0) is 0 Å². The molecule has 0 aliphatic carbocycles. The number of hydrogen-bond acceptors (Lipinski definition) is 3. The minimum Gasteiger partial charge on any atom is -0.294 e. The number of hydrogen-bond donors (Lipinski definition) is 1. The lowest BCUT2D eigenvalue weighted by Gasteiger charge is -2.02. The summed E-state index contributed by atoms with van der Waals surface area (Å²) in [7, 11) is 0. The van der Waals surface area contributed by atoms with Crippen LogP contribution >= 0.6 is 27.5 Å². The first-order valence-electron chi connectivity index (χ1n) is 6.78. The maximum atomic E-state index is 12.4. The number of benzene rings is 1. The summed E-state index contributed by atoms with van der Waals surface area (Å²) in [5.74, 6) is -0.337. The number of halogens is 2. The Hall–Kier alpha value is -2.18. The third kappa shape index (κ3) is 3.28. The number of imidazole rings is 1. The molecule has 2 aromatic heterocycles. The van der Waals surface area contributed by atoms with Crippen molar-refractivity contribution < 1.29 is 4.79 Å². The van der Waals surface area contributed by atoms with E-state index in [2.05, 4.69) is 31.4 Å². The standard InChI is InChI=1S/C16H12BrClN4O/c1-10-15(22-9-12(17)6-7-14(22)20-10)16(23)21-19-8-11-4-2-3-5-13(11)18/h2-9H,1H3,(H,21,23). The Bertz CT molecular complexity index is 920. The molecule has 0 aliphatic heterocycles. The summed E-state index contributed by atoms with van der Waals surface area (Å²) in [5.41, 5.74) is 5.01. The van der Waals surface area contributed by atoms with Crippen LogP contribution in [0.4, 0.5) is 0 Å². The number of fused-ring (bicyclic) bond motifs is 1. The summed E-state index contributed by atoms with van der Waals surface area (Å²) in [6, 6.07) is 11.0. The summed E-state index contributed by atoms with van der Waals surface area (Å²) in [4.78, 5) is 16.8. The second-order valence-corrected chi connectivity index (χ2v) is 6.16. The molecular formula is C16H12BrClN4O. The van der Waals surface area contributed by atoms with Crippen molar-refractivity contribution in [3.8, 4) is 0 Å². The summed E-state index contributed by atoms with van der Waals surface area (Å²) in [5, 5.41) is 4.54. The van der Waals surface area contributed by atoms with E-state index >= 15 is 0 Å². The van der Waals surface area contributed by atoms with Crippen molar-refractivity contribution in [1.82, 2.24) is 14.8 Å². The fraction of sp³-hybridized carbons (Fsp3) is 0.0625. The molecule has 23 heavy (non-hydrogen) atoms. The number of nitrogens with one attached hydrogen (secondary N) is 1. The first-order valence-corrected chi connectivity index (χ1v) is 7.95. The SMILES string of the molecule is Cc1nc2ccc(Br)cn2c1C(=O)NN=Cc1ccccc1Cl. The summed E-state index contributed by atoms with van der Waals surface area (Å²) < 4.78 is 2.58. The Balaban J connectivity index is 1.85. The van der Waals surface area contributed by atoms with Crippen molar-refractivity contribution in [3.63, 3.8) is 0 Å². The van der Waals surface area contributed by atoms with Crippen LogP contribution in [0.1, 0.15) is 21.7 Å². The molecule has 1 N–H and O–H groups in total. The highest BCUT2D eigenvalue weighted by Crippen LogP contribution is 2.17. The Labute approximate surface area is 146 Å². The molecule has 0 atom stereocenters. The van der Waals surface area contributed by atoms with E-state index in [9.17, 15) is 4.79 Å². The fourth-order valence-electron chi connectivity index (χ4n) is 2.20. The molecule has 3 aromatic rings. The van der Waals surface area contributed by atoms with Gasteiger partial charge in [-0.25, -0.2) is 10.4 Å². The van der Waals surface area contributed by atoms with Gasteiger partial charge in [-0.1, -0.05) is 29.8 Å². The molecule has 0 aliphatic rings. The molecule has 0 saturated heterocycles. The van der Waals surface area contributed by atoms with Gasteiger partial charge in [-0.2, -0.15) is 5.10 Å². The predicted octanol–water partition coefficient (Wildman–Crippen LogP) is 3.82. The average molecular weight is 392 g/mol. The van der Waals surface area contributed by atoms with Crippen molar-refractivity contribution in [1.29, 1.82) is 0 Å². The summed E-state index contributed by atoms with van der Waals surface area (Å²) >= 11 is 9.43. The van der Waals surface area contributed by atoms with Crippen LogP contribution in [0.3, 0.4) is 0 Å². The van der Waals surface area contributed by atoms with Crippen molar-refractivity contribution >= 4 is 45.3 Å². The molecule has 0 unspecified atom stereocenters. The van der Waals surface area contributed by atoms with Crippen molar-refractivity contribution in [3.05, 3.63) is 69.0 Å². The van der Waals surface area contributed by atoms with Crippen LogP contribution < -0.4 is 5.43 Å². The molecule has 0 radical (unpaired) electrons. The zero-order chi connectivity index (χ0) is 16.4. The van der Waals surface area contributed by atoms with Gasteiger partial charge in [0.2, 0.25) is 0 Å². The highest BCUT2D eigenvalue weighted by atomic mass is 79.9. The van der Waals surface area contributed by atoms with Gasteiger partial charge in [0, 0.05) is 21.3 Å². The van der Waals surface area contributed by atoms with Gasteiger partial charge in [0.1, 0.15) is 11.3 Å². The highest BCUT2D eigenvalue weighted by Gasteiger charge is 2.16. The zero-order valence-corrected chi connectivity index (χ0v) is 14.5. The van der Waals surface area contributed by atoms with E-state index < -0.39 is 0 Å². The highest BCUT2D eigenvalue weighted by molar-refractivity contribution is 9.10. The number of nitrogens with zero attached hydrogens (tertiary/aromatic N) is 3. The van der Waals surface area contributed by atoms with Crippen LogP contribution in [0.25, 0.3) is 5.65 Å². The molecule has 0 bridgehead atoms. The third-order valence-electron chi connectivity index (χ3n) is 3.25. The molecular weight excluding hydrogens is 380 g/mol. The van der Waals surface area contributed by atoms with Gasteiger partial charge in [-0.3, -0.25) is 9.20 Å². The monoisotopic (exact) mass is 390 g/mol. The normalized spacial score (nSPS) is 11.3. The molecule has 7 heteroatoms. The van der Waals surface area contributed by atoms with E-state index in [0.29, 0.717) is 22.1 Å². The van der Waals surface area contributed by atoms with Gasteiger partial charge in [-0.15, -0.1) is 0 Å². The molecule has 1 amide bonds. The van der Waals surface area contributed by atoms with Crippen LogP contribution in [0.5, 0.6) is 0 Å². The Kier molecular flexibility index (Phi) is 4.45. The number of aromatic nitrogens is 2. The second kappa shape index (κ2) is 6.52. The first-order chi connectivity index (χ1) is 11.1. The van der Waals surface area contributed by atoms with Gasteiger partial charge >= 0.3 is 0 Å². The summed E-state index contributed by atoms with van der Waals surface area (Å²) in [6.45, 7) is 1.79. The Morgan fingerprint density at radius 3 is 2.91 bits per heavy atom. The van der Waals surface area contributed by atoms with Gasteiger partial charge in [0.25, 0.3) is 5.91 Å². The maximum absolute atomic E-state index is 12.4. The lowest BCUT2D eigenvalue weighted by molar-refractivity contribution is 0.0948. The Morgan fingerprint density at radius 2 is 2.13 bits per heavy atom. The van der Waals surface area contributed by atoms with E-state index in [-0.39, 0.29) is 5.91 Å². The number of hydrazone groups is 1. The quantitative estimate of drug-likeness (QED) is 0.545. The first kappa shape index (κ1) is 15.7. The number of aryl methyl sites for hydroxylation is 1. The minimum atomic E-state index is -0.337. The molecule has 116 valence electrons. The predicted molar refractivity (Wildman–Crippen MR) is 94.1 cm³/mol. The zero-order valence-electron chi connectivity index (χ0n) is 12.1. The van der Waals surface area contributed by atoms with Crippen molar-refractivity contribution in [2.75, 3.05) is 0 Å². The Morgan fingerprint density at radius 1 is 1.35 bits per heavy atom. The number of amides is 1. The largest absolute Gasteiger partial charge is 0.294 e. The van der Waals surface area contributed by atoms with Crippen LogP contribution in [-0.4, -0.2) is 21.5 Å². The maximum Gasteiger partial charge on any atom is 0.290 e. The number of rotatable bonds is 3. The van der Waals surface area contributed by atoms with E-state index in [1.807, 2.05) is 30.3 Å². The smallest absolute Gasteiger partial charge is 0.290 e. The summed E-state index contributed by atoms with van der Waals surface area (Å²) in [6.07, 6.45) is 3.30. The number of carbonyl (C=O) groups excluding carboxylic acids is 1. The van der Waals surface area contributed by atoms with E-state index in [1.54, 1.807) is 23.6 Å². The molecule has 2 heterocycles. The van der Waals surface area contributed by atoms with Crippen molar-refractivity contribution in [2.24, 2.45) is 5.10 Å². The molecule has 3 rings (SSSR count).